The number of nitrogens with zero attached hydrogens (tertiary/aromatic N) is 1. The molecule has 0 unspecified atom stereocenters. The third kappa shape index (κ3) is 2.70. The molecule has 21 heavy (non-hydrogen) atoms. The van der Waals surface area contributed by atoms with Gasteiger partial charge < -0.3 is 9.64 Å². The normalized spacial score (nSPS) is 21.4. The Hall–Kier alpha value is -1.75. The van der Waals surface area contributed by atoms with Gasteiger partial charge in [0.25, 0.3) is 5.91 Å². The number of methoxy groups -OCH3 is 1. The molecule has 1 aromatic carbocycles. The van der Waals surface area contributed by atoms with E-state index in [0.717, 1.165) is 17.9 Å². The molecule has 2 atom stereocenters. The average molecular weight is 291 g/mol. The molecule has 1 amide bonds. The monoisotopic (exact) mass is 291 g/mol. The highest BCUT2D eigenvalue weighted by molar-refractivity contribution is 5.85. The molecule has 0 bridgehead atoms. The Morgan fingerprint density at radius 2 is 2.19 bits per heavy atom. The summed E-state index contributed by atoms with van der Waals surface area (Å²) in [6, 6.07) is 5.71. The maximum atomic E-state index is 12.0. The largest absolute Gasteiger partial charge is 0.497 e. The van der Waals surface area contributed by atoms with Crippen LogP contribution in [0, 0.1) is 0 Å². The molecule has 1 aliphatic heterocycles. The Balaban J connectivity index is 2.53. The molecule has 2 rings (SSSR count). The van der Waals surface area contributed by atoms with Crippen LogP contribution in [-0.4, -0.2) is 24.6 Å². The van der Waals surface area contributed by atoms with Gasteiger partial charge in [-0.05, 0) is 56.9 Å². The lowest BCUT2D eigenvalue weighted by Crippen LogP contribution is -2.58. The third-order valence-electron chi connectivity index (χ3n) is 4.39. The van der Waals surface area contributed by atoms with E-state index >= 15 is 0 Å². The van der Waals surface area contributed by atoms with Gasteiger partial charge in [0.15, 0.2) is 0 Å². The highest BCUT2D eigenvalue weighted by atomic mass is 16.5. The van der Waals surface area contributed by atoms with Crippen LogP contribution in [0.4, 0.5) is 5.69 Å². The minimum atomic E-state index is -0.329. The molecule has 0 radical (unpaired) electrons. The van der Waals surface area contributed by atoms with Gasteiger partial charge in [-0.1, -0.05) is 6.92 Å². The van der Waals surface area contributed by atoms with E-state index in [9.17, 15) is 4.79 Å². The maximum Gasteiger partial charge on any atom is 0.256 e. The van der Waals surface area contributed by atoms with Crippen LogP contribution in [-0.2, 0) is 4.79 Å². The number of hydrogen-bond acceptors (Lipinski definition) is 4. The summed E-state index contributed by atoms with van der Waals surface area (Å²) in [5.41, 5.74) is 4.43. The lowest BCUT2D eigenvalue weighted by molar-refractivity contribution is -0.122. The van der Waals surface area contributed by atoms with Crippen molar-refractivity contribution in [2.75, 3.05) is 12.0 Å². The van der Waals surface area contributed by atoms with Gasteiger partial charge in [-0.15, -0.1) is 0 Å². The minimum absolute atomic E-state index is 0.118. The number of carbonyl (C=O) groups excluding carboxylic acids is 1. The van der Waals surface area contributed by atoms with E-state index in [1.165, 1.54) is 5.56 Å². The summed E-state index contributed by atoms with van der Waals surface area (Å²) in [5.74, 6) is 6.39. The van der Waals surface area contributed by atoms with Crippen LogP contribution in [0.2, 0.25) is 0 Å². The lowest BCUT2D eigenvalue weighted by Gasteiger charge is -2.49. The molecule has 5 heteroatoms. The first-order chi connectivity index (χ1) is 9.81. The fourth-order valence-electron chi connectivity index (χ4n) is 3.53. The quantitative estimate of drug-likeness (QED) is 0.509. The summed E-state index contributed by atoms with van der Waals surface area (Å²) in [6.45, 7) is 8.42. The fourth-order valence-corrected chi connectivity index (χ4v) is 3.53. The predicted octanol–water partition coefficient (Wildman–Crippen LogP) is 2.17. The molecule has 0 saturated heterocycles. The second-order valence-corrected chi connectivity index (χ2v) is 6.40. The molecule has 1 aromatic rings. The Morgan fingerprint density at radius 1 is 1.52 bits per heavy atom. The van der Waals surface area contributed by atoms with Crippen LogP contribution in [0.3, 0.4) is 0 Å². The highest BCUT2D eigenvalue weighted by Gasteiger charge is 2.40. The number of rotatable bonds is 3. The van der Waals surface area contributed by atoms with Crippen molar-refractivity contribution in [1.82, 2.24) is 5.43 Å². The summed E-state index contributed by atoms with van der Waals surface area (Å²) in [6.07, 6.45) is 0.968. The van der Waals surface area contributed by atoms with Gasteiger partial charge >= 0.3 is 0 Å². The van der Waals surface area contributed by atoms with Crippen molar-refractivity contribution >= 4 is 11.6 Å². The Bertz CT molecular complexity index is 542. The van der Waals surface area contributed by atoms with E-state index in [1.807, 2.05) is 19.1 Å². The number of hydrazine groups is 1. The summed E-state index contributed by atoms with van der Waals surface area (Å²) in [4.78, 5) is 14.2. The van der Waals surface area contributed by atoms with Crippen LogP contribution >= 0.6 is 0 Å². The van der Waals surface area contributed by atoms with Crippen molar-refractivity contribution in [2.45, 2.75) is 51.6 Å². The maximum absolute atomic E-state index is 12.0. The number of carbonyl (C=O) groups is 1. The number of fused-ring (bicyclic) bond motifs is 1. The highest BCUT2D eigenvalue weighted by Crippen LogP contribution is 2.45. The Morgan fingerprint density at radius 3 is 2.76 bits per heavy atom. The molecular formula is C16H25N3O2. The SMILES string of the molecule is COc1ccc2c(c1)[C@H](C)CC(C)(C)N2[C@H](C)C(=O)NN. The van der Waals surface area contributed by atoms with Crippen molar-refractivity contribution < 1.29 is 9.53 Å². The Labute approximate surface area is 126 Å². The summed E-state index contributed by atoms with van der Waals surface area (Å²) < 4.78 is 5.33. The molecule has 0 fully saturated rings. The number of nitrogens with two attached hydrogens (primary N) is 1. The van der Waals surface area contributed by atoms with Gasteiger partial charge in [-0.3, -0.25) is 10.2 Å². The third-order valence-corrected chi connectivity index (χ3v) is 4.39. The smallest absolute Gasteiger partial charge is 0.256 e. The molecule has 0 aromatic heterocycles. The number of ether oxygens (including phenoxy) is 1. The van der Waals surface area contributed by atoms with E-state index in [1.54, 1.807) is 7.11 Å². The zero-order valence-electron chi connectivity index (χ0n) is 13.4. The van der Waals surface area contributed by atoms with Gasteiger partial charge in [0, 0.05) is 11.2 Å². The molecule has 0 aliphatic carbocycles. The first-order valence-electron chi connectivity index (χ1n) is 7.29. The lowest BCUT2D eigenvalue weighted by atomic mass is 9.79. The summed E-state index contributed by atoms with van der Waals surface area (Å²) >= 11 is 0. The minimum Gasteiger partial charge on any atom is -0.497 e. The second-order valence-electron chi connectivity index (χ2n) is 6.40. The van der Waals surface area contributed by atoms with E-state index in [-0.39, 0.29) is 17.5 Å². The molecule has 0 spiro atoms. The number of nitrogens with one attached hydrogen (secondary N) is 1. The average Bonchev–Trinajstić information content (AvgIpc) is 2.44. The predicted molar refractivity (Wildman–Crippen MR) is 84.4 cm³/mol. The van der Waals surface area contributed by atoms with Gasteiger partial charge in [-0.2, -0.15) is 0 Å². The van der Waals surface area contributed by atoms with Gasteiger partial charge in [0.2, 0.25) is 0 Å². The molecule has 5 nitrogen and oxygen atoms in total. The van der Waals surface area contributed by atoms with Crippen LogP contribution < -0.4 is 20.9 Å². The number of anilines is 1. The molecular weight excluding hydrogens is 266 g/mol. The molecule has 116 valence electrons. The van der Waals surface area contributed by atoms with Crippen LogP contribution in [0.5, 0.6) is 5.75 Å². The molecule has 3 N–H and O–H groups in total. The van der Waals surface area contributed by atoms with E-state index in [4.69, 9.17) is 10.6 Å². The standard InChI is InChI=1S/C16H25N3O2/c1-10-9-16(3,4)19(11(2)15(20)18-17)14-7-6-12(21-5)8-13(10)14/h6-8,10-11H,9,17H2,1-5H3,(H,18,20)/t10-,11-/m1/s1. The zero-order valence-corrected chi connectivity index (χ0v) is 13.4. The molecule has 1 aliphatic rings. The van der Waals surface area contributed by atoms with Crippen molar-refractivity contribution in [3.63, 3.8) is 0 Å². The van der Waals surface area contributed by atoms with Crippen molar-refractivity contribution in [1.29, 1.82) is 0 Å². The van der Waals surface area contributed by atoms with Crippen LogP contribution in [0.1, 0.15) is 45.6 Å². The first-order valence-corrected chi connectivity index (χ1v) is 7.29. The van der Waals surface area contributed by atoms with E-state index in [0.29, 0.717) is 5.92 Å². The van der Waals surface area contributed by atoms with Gasteiger partial charge in [0.1, 0.15) is 11.8 Å². The van der Waals surface area contributed by atoms with Crippen molar-refractivity contribution in [3.8, 4) is 5.75 Å². The van der Waals surface area contributed by atoms with E-state index in [2.05, 4.69) is 37.2 Å². The Kier molecular flexibility index (Phi) is 4.14. The van der Waals surface area contributed by atoms with E-state index < -0.39 is 0 Å². The summed E-state index contributed by atoms with van der Waals surface area (Å²) in [5, 5.41) is 0. The van der Waals surface area contributed by atoms with Gasteiger partial charge in [-0.25, -0.2) is 5.84 Å². The van der Waals surface area contributed by atoms with Gasteiger partial charge in [0.05, 0.1) is 7.11 Å². The van der Waals surface area contributed by atoms with Crippen molar-refractivity contribution in [3.05, 3.63) is 23.8 Å². The molecule has 1 heterocycles. The van der Waals surface area contributed by atoms with Crippen molar-refractivity contribution in [2.24, 2.45) is 5.84 Å². The van der Waals surface area contributed by atoms with Crippen LogP contribution in [0.15, 0.2) is 18.2 Å². The first kappa shape index (κ1) is 15.6. The summed E-state index contributed by atoms with van der Waals surface area (Å²) in [7, 11) is 1.67. The number of amides is 1. The van der Waals surface area contributed by atoms with Crippen LogP contribution in [0.25, 0.3) is 0 Å². The zero-order chi connectivity index (χ0) is 15.8. The number of hydrogen-bond donors (Lipinski definition) is 2. The number of benzene rings is 1. The topological polar surface area (TPSA) is 67.6 Å². The fraction of sp³-hybridized carbons (Fsp3) is 0.562. The molecule has 0 saturated carbocycles. The second kappa shape index (κ2) is 5.56.